The maximum absolute atomic E-state index is 5.60. The predicted octanol–water partition coefficient (Wildman–Crippen LogP) is 10.5. The molecule has 0 radical (unpaired) electrons. The van der Waals surface area contributed by atoms with Crippen molar-refractivity contribution in [1.29, 1.82) is 0 Å². The van der Waals surface area contributed by atoms with Gasteiger partial charge in [0, 0.05) is 5.41 Å². The molecule has 0 spiro atoms. The minimum absolute atomic E-state index is 0.0000755. The van der Waals surface area contributed by atoms with Crippen LogP contribution in [0.2, 0.25) is 0 Å². The quantitative estimate of drug-likeness (QED) is 0.307. The lowest BCUT2D eigenvalue weighted by Crippen LogP contribution is -2.20. The van der Waals surface area contributed by atoms with Crippen LogP contribution in [0.5, 0.6) is 0 Å². The molecule has 0 aliphatic heterocycles. The van der Waals surface area contributed by atoms with Crippen molar-refractivity contribution in [2.75, 3.05) is 0 Å². The van der Waals surface area contributed by atoms with Gasteiger partial charge in [0.25, 0.3) is 0 Å². The molecule has 0 amide bonds. The van der Waals surface area contributed by atoms with Gasteiger partial charge in [-0.05, 0) is 49.3 Å². The van der Waals surface area contributed by atoms with Crippen LogP contribution in [0.1, 0.15) is 106 Å². The molecule has 0 aliphatic carbocycles. The van der Waals surface area contributed by atoms with Crippen LogP contribution < -0.4 is 0 Å². The van der Waals surface area contributed by atoms with Crippen LogP contribution >= 0.6 is 0 Å². The molecule has 0 saturated carbocycles. The molecule has 0 aliphatic rings. The summed E-state index contributed by atoms with van der Waals surface area (Å²) in [5.41, 5.74) is 5.17. The van der Waals surface area contributed by atoms with E-state index in [1.54, 1.807) is 6.08 Å². The first-order valence-corrected chi connectivity index (χ1v) is 12.6. The van der Waals surface area contributed by atoms with E-state index in [4.69, 9.17) is 6.42 Å². The minimum atomic E-state index is -0.213. The highest BCUT2D eigenvalue weighted by atomic mass is 14.3. The van der Waals surface area contributed by atoms with Crippen molar-refractivity contribution >= 4 is 0 Å². The predicted molar refractivity (Wildman–Crippen MR) is 158 cm³/mol. The highest BCUT2D eigenvalue weighted by Crippen LogP contribution is 2.32. The highest BCUT2D eigenvalue weighted by Gasteiger charge is 2.24. The van der Waals surface area contributed by atoms with Gasteiger partial charge in [-0.1, -0.05) is 147 Å². The summed E-state index contributed by atoms with van der Waals surface area (Å²) in [7, 11) is 0. The van der Waals surface area contributed by atoms with Gasteiger partial charge in [0.2, 0.25) is 0 Å². The lowest BCUT2D eigenvalue weighted by molar-refractivity contribution is 0.373. The summed E-state index contributed by atoms with van der Waals surface area (Å²) in [6.07, 6.45) is 9.97. The molecular weight excluding hydrogens is 408 g/mol. The number of allylic oxidation sites excluding steroid dienone is 2. The molecule has 0 heterocycles. The van der Waals surface area contributed by atoms with Crippen molar-refractivity contribution in [3.63, 3.8) is 0 Å². The molecule has 0 unspecified atom stereocenters. The van der Waals surface area contributed by atoms with Crippen molar-refractivity contribution < 1.29 is 0 Å². The molecule has 188 valence electrons. The maximum Gasteiger partial charge on any atom is 0.0504 e. The van der Waals surface area contributed by atoms with E-state index in [1.807, 2.05) is 20.8 Å². The molecule has 0 aromatic heterocycles. The standard InChI is InChI=1S/C20H22.C7H16.C5H8.C2H6/c1-6-19(2,3)16-12-14-18(15-13-16)20(4,5)17-10-8-7-9-11-17;1-5-6-7(2,3)4;1-4-5(2)3;1-2/h1,7-15H,2-5H3;5-6H2,1-4H3;4H,1-2H2,3H3;1-2H3. The molecule has 0 atom stereocenters. The SMILES string of the molecule is C#CC(C)(C)c1ccc(C(C)(C)c2ccccc2)cc1.C=CC(=C)C.CC.CCCC(C)(C)C. The largest absolute Gasteiger partial charge is 0.119 e. The molecule has 0 fully saturated rings. The van der Waals surface area contributed by atoms with Crippen LogP contribution in [0.15, 0.2) is 79.4 Å². The summed E-state index contributed by atoms with van der Waals surface area (Å²) in [5, 5.41) is 0. The average molecular weight is 461 g/mol. The number of hydrogen-bond acceptors (Lipinski definition) is 0. The Morgan fingerprint density at radius 3 is 1.50 bits per heavy atom. The molecule has 0 N–H and O–H groups in total. The molecule has 0 nitrogen and oxygen atoms in total. The van der Waals surface area contributed by atoms with Crippen molar-refractivity contribution in [3.8, 4) is 12.3 Å². The van der Waals surface area contributed by atoms with Crippen LogP contribution in [-0.2, 0) is 10.8 Å². The van der Waals surface area contributed by atoms with Gasteiger partial charge in [-0.3, -0.25) is 0 Å². The fourth-order valence-corrected chi connectivity index (χ4v) is 3.16. The fourth-order valence-electron chi connectivity index (χ4n) is 3.16. The lowest BCUT2D eigenvalue weighted by atomic mass is 9.76. The van der Waals surface area contributed by atoms with E-state index in [-0.39, 0.29) is 10.8 Å². The van der Waals surface area contributed by atoms with Crippen LogP contribution in [-0.4, -0.2) is 0 Å². The molecule has 0 saturated heterocycles. The second-order valence-electron chi connectivity index (χ2n) is 10.7. The lowest BCUT2D eigenvalue weighted by Gasteiger charge is -2.27. The third-order valence-corrected chi connectivity index (χ3v) is 5.53. The smallest absolute Gasteiger partial charge is 0.0504 e. The van der Waals surface area contributed by atoms with Gasteiger partial charge >= 0.3 is 0 Å². The maximum atomic E-state index is 5.60. The summed E-state index contributed by atoms with van der Waals surface area (Å²) in [6.45, 7) is 30.6. The van der Waals surface area contributed by atoms with E-state index >= 15 is 0 Å². The number of hydrogen-bond donors (Lipinski definition) is 0. The molecule has 0 bridgehead atoms. The van der Waals surface area contributed by atoms with Gasteiger partial charge in [-0.15, -0.1) is 6.42 Å². The van der Waals surface area contributed by atoms with E-state index in [1.165, 1.54) is 29.5 Å². The van der Waals surface area contributed by atoms with E-state index in [2.05, 4.69) is 129 Å². The Morgan fingerprint density at radius 2 is 1.21 bits per heavy atom. The van der Waals surface area contributed by atoms with Crippen molar-refractivity contribution in [2.45, 2.75) is 99.8 Å². The minimum Gasteiger partial charge on any atom is -0.119 e. The summed E-state index contributed by atoms with van der Waals surface area (Å²) >= 11 is 0. The van der Waals surface area contributed by atoms with Crippen molar-refractivity contribution in [2.24, 2.45) is 5.41 Å². The monoisotopic (exact) mass is 460 g/mol. The first-order chi connectivity index (χ1) is 15.7. The van der Waals surface area contributed by atoms with Gasteiger partial charge in [-0.2, -0.15) is 0 Å². The Bertz CT molecular complexity index is 847. The zero-order chi connectivity index (χ0) is 27.0. The van der Waals surface area contributed by atoms with Crippen LogP contribution in [0.25, 0.3) is 0 Å². The molecule has 2 rings (SSSR count). The van der Waals surface area contributed by atoms with Crippen LogP contribution in [0, 0.1) is 17.8 Å². The molecule has 0 heteroatoms. The Balaban J connectivity index is 0. The number of benzene rings is 2. The zero-order valence-corrected chi connectivity index (χ0v) is 24.2. The van der Waals surface area contributed by atoms with Crippen LogP contribution in [0.4, 0.5) is 0 Å². The van der Waals surface area contributed by atoms with Crippen molar-refractivity contribution in [1.82, 2.24) is 0 Å². The fraction of sp³-hybridized carbons (Fsp3) is 0.471. The number of terminal acetylenes is 1. The van der Waals surface area contributed by atoms with E-state index in [9.17, 15) is 0 Å². The molecule has 2 aromatic carbocycles. The van der Waals surface area contributed by atoms with Gasteiger partial charge in [-0.25, -0.2) is 0 Å². The molecule has 2 aromatic rings. The summed E-state index contributed by atoms with van der Waals surface area (Å²) in [5.74, 6) is 2.85. The average Bonchev–Trinajstić information content (AvgIpc) is 2.81. The third-order valence-electron chi connectivity index (χ3n) is 5.53. The van der Waals surface area contributed by atoms with Gasteiger partial charge in [0.05, 0.1) is 5.41 Å². The Morgan fingerprint density at radius 1 is 0.824 bits per heavy atom. The van der Waals surface area contributed by atoms with E-state index in [0.717, 1.165) is 5.57 Å². The zero-order valence-electron chi connectivity index (χ0n) is 24.2. The Kier molecular flexibility index (Phi) is 16.0. The normalized spacial score (nSPS) is 10.6. The van der Waals surface area contributed by atoms with Gasteiger partial charge in [0.15, 0.2) is 0 Å². The van der Waals surface area contributed by atoms with E-state index in [0.29, 0.717) is 5.41 Å². The van der Waals surface area contributed by atoms with Gasteiger partial charge in [0.1, 0.15) is 0 Å². The summed E-state index contributed by atoms with van der Waals surface area (Å²) in [6, 6.07) is 19.3. The third kappa shape index (κ3) is 13.3. The topological polar surface area (TPSA) is 0 Å². The first kappa shape index (κ1) is 33.7. The number of rotatable bonds is 5. The van der Waals surface area contributed by atoms with Gasteiger partial charge < -0.3 is 0 Å². The van der Waals surface area contributed by atoms with Crippen LogP contribution in [0.3, 0.4) is 0 Å². The Labute approximate surface area is 213 Å². The first-order valence-electron chi connectivity index (χ1n) is 12.6. The molecular formula is C34H52. The summed E-state index contributed by atoms with van der Waals surface area (Å²) < 4.78 is 0. The van der Waals surface area contributed by atoms with E-state index < -0.39 is 0 Å². The van der Waals surface area contributed by atoms with Crippen molar-refractivity contribution in [3.05, 3.63) is 96.1 Å². The second-order valence-corrected chi connectivity index (χ2v) is 10.7. The highest BCUT2D eigenvalue weighted by molar-refractivity contribution is 5.41. The molecule has 34 heavy (non-hydrogen) atoms. The second kappa shape index (κ2) is 16.2. The summed E-state index contributed by atoms with van der Waals surface area (Å²) in [4.78, 5) is 0. The Hall–Kier alpha value is -2.52.